The Bertz CT molecular complexity index is 634. The summed E-state index contributed by atoms with van der Waals surface area (Å²) < 4.78 is 27.1. The van der Waals surface area contributed by atoms with Crippen molar-refractivity contribution in [1.29, 1.82) is 0 Å². The van der Waals surface area contributed by atoms with Crippen molar-refractivity contribution in [2.24, 2.45) is 0 Å². The molecule has 1 unspecified atom stereocenters. The van der Waals surface area contributed by atoms with Gasteiger partial charge in [-0.3, -0.25) is 4.79 Å². The topological polar surface area (TPSA) is 78.5 Å². The van der Waals surface area contributed by atoms with Gasteiger partial charge in [0.1, 0.15) is 0 Å². The molecule has 2 N–H and O–H groups in total. The predicted molar refractivity (Wildman–Crippen MR) is 92.3 cm³/mol. The zero-order chi connectivity index (χ0) is 16.3. The molecular formula is C15H24ClN3O3S. The van der Waals surface area contributed by atoms with E-state index in [9.17, 15) is 13.2 Å². The Balaban J connectivity index is 0.00000264. The fourth-order valence-electron chi connectivity index (χ4n) is 2.49. The molecule has 2 atom stereocenters. The Morgan fingerprint density at radius 3 is 2.52 bits per heavy atom. The van der Waals surface area contributed by atoms with E-state index in [1.54, 1.807) is 36.1 Å². The molecule has 0 spiro atoms. The molecule has 1 fully saturated rings. The van der Waals surface area contributed by atoms with Gasteiger partial charge in [0.05, 0.1) is 10.9 Å². The molecular weight excluding hydrogens is 338 g/mol. The van der Waals surface area contributed by atoms with E-state index < -0.39 is 16.1 Å². The van der Waals surface area contributed by atoms with Gasteiger partial charge in [0.15, 0.2) is 0 Å². The fraction of sp³-hybridized carbons (Fsp3) is 0.533. The molecule has 0 radical (unpaired) electrons. The molecule has 6 nitrogen and oxygen atoms in total. The van der Waals surface area contributed by atoms with Crippen LogP contribution in [0, 0.1) is 6.92 Å². The second-order valence-corrected chi connectivity index (χ2v) is 7.45. The normalized spacial score (nSPS) is 19.8. The minimum absolute atomic E-state index is 0. The van der Waals surface area contributed by atoms with Crippen LogP contribution in [0.15, 0.2) is 29.2 Å². The standard InChI is InChI=1S/C15H23N3O3S.ClH/c1-11-4-6-14(7-5-11)22(20,21)17-13(3)15(19)18-9-8-16-10-12(18)2;/h4-7,12-13,16-17H,8-10H2,1-3H3;1H/t12-,13?;/m0./s1. The van der Waals surface area contributed by atoms with E-state index in [0.29, 0.717) is 6.54 Å². The number of carbonyl (C=O) groups excluding carboxylic acids is 1. The van der Waals surface area contributed by atoms with Crippen molar-refractivity contribution in [2.45, 2.75) is 37.8 Å². The third-order valence-corrected chi connectivity index (χ3v) is 5.37. The second kappa shape index (κ2) is 8.10. The summed E-state index contributed by atoms with van der Waals surface area (Å²) in [6.07, 6.45) is 0. The van der Waals surface area contributed by atoms with Gasteiger partial charge in [-0.1, -0.05) is 17.7 Å². The number of sulfonamides is 1. The third kappa shape index (κ3) is 4.91. The molecule has 1 aliphatic heterocycles. The largest absolute Gasteiger partial charge is 0.336 e. The molecule has 1 heterocycles. The molecule has 0 aliphatic carbocycles. The lowest BCUT2D eigenvalue weighted by Crippen LogP contribution is -2.57. The number of amides is 1. The number of carbonyl (C=O) groups is 1. The Morgan fingerprint density at radius 2 is 1.96 bits per heavy atom. The maximum Gasteiger partial charge on any atom is 0.241 e. The highest BCUT2D eigenvalue weighted by Gasteiger charge is 2.29. The highest BCUT2D eigenvalue weighted by atomic mass is 35.5. The Hall–Kier alpha value is -1.15. The molecule has 1 aromatic rings. The maximum absolute atomic E-state index is 12.4. The van der Waals surface area contributed by atoms with Gasteiger partial charge in [-0.15, -0.1) is 12.4 Å². The van der Waals surface area contributed by atoms with Crippen molar-refractivity contribution in [3.63, 3.8) is 0 Å². The highest BCUT2D eigenvalue weighted by Crippen LogP contribution is 2.12. The van der Waals surface area contributed by atoms with Gasteiger partial charge in [-0.05, 0) is 32.9 Å². The summed E-state index contributed by atoms with van der Waals surface area (Å²) in [7, 11) is -3.69. The summed E-state index contributed by atoms with van der Waals surface area (Å²) in [6.45, 7) is 7.48. The van der Waals surface area contributed by atoms with E-state index in [1.165, 1.54) is 0 Å². The van der Waals surface area contributed by atoms with E-state index in [0.717, 1.165) is 18.7 Å². The van der Waals surface area contributed by atoms with Crippen molar-refractivity contribution in [3.05, 3.63) is 29.8 Å². The Labute approximate surface area is 144 Å². The summed E-state index contributed by atoms with van der Waals surface area (Å²) >= 11 is 0. The number of piperazine rings is 1. The number of nitrogens with zero attached hydrogens (tertiary/aromatic N) is 1. The third-order valence-electron chi connectivity index (χ3n) is 3.82. The van der Waals surface area contributed by atoms with E-state index >= 15 is 0 Å². The lowest BCUT2D eigenvalue weighted by atomic mass is 10.2. The van der Waals surface area contributed by atoms with Gasteiger partial charge >= 0.3 is 0 Å². The summed E-state index contributed by atoms with van der Waals surface area (Å²) in [5, 5.41) is 3.21. The van der Waals surface area contributed by atoms with Gasteiger partial charge in [-0.25, -0.2) is 8.42 Å². The van der Waals surface area contributed by atoms with Gasteiger partial charge < -0.3 is 10.2 Å². The van der Waals surface area contributed by atoms with Gasteiger partial charge in [0, 0.05) is 25.7 Å². The minimum atomic E-state index is -3.69. The molecule has 23 heavy (non-hydrogen) atoms. The molecule has 0 aromatic heterocycles. The van der Waals surface area contributed by atoms with Gasteiger partial charge in [-0.2, -0.15) is 4.72 Å². The van der Waals surface area contributed by atoms with Gasteiger partial charge in [0.2, 0.25) is 15.9 Å². The van der Waals surface area contributed by atoms with Crippen molar-refractivity contribution >= 4 is 28.3 Å². The van der Waals surface area contributed by atoms with Crippen molar-refractivity contribution in [2.75, 3.05) is 19.6 Å². The smallest absolute Gasteiger partial charge is 0.241 e. The predicted octanol–water partition coefficient (Wildman–Crippen LogP) is 0.904. The van der Waals surface area contributed by atoms with E-state index in [1.807, 2.05) is 13.8 Å². The van der Waals surface area contributed by atoms with Crippen LogP contribution in [0.3, 0.4) is 0 Å². The quantitative estimate of drug-likeness (QED) is 0.835. The van der Waals surface area contributed by atoms with Crippen LogP contribution in [0.2, 0.25) is 0 Å². The molecule has 0 bridgehead atoms. The summed E-state index contributed by atoms with van der Waals surface area (Å²) in [5.41, 5.74) is 0.984. The minimum Gasteiger partial charge on any atom is -0.336 e. The number of benzene rings is 1. The first kappa shape index (κ1) is 19.9. The fourth-order valence-corrected chi connectivity index (χ4v) is 3.68. The van der Waals surface area contributed by atoms with Crippen LogP contribution in [0.25, 0.3) is 0 Å². The van der Waals surface area contributed by atoms with Crippen LogP contribution in [0.5, 0.6) is 0 Å². The molecule has 8 heteroatoms. The average molecular weight is 362 g/mol. The lowest BCUT2D eigenvalue weighted by molar-refractivity contribution is -0.135. The van der Waals surface area contributed by atoms with Crippen molar-refractivity contribution < 1.29 is 13.2 Å². The first-order valence-electron chi connectivity index (χ1n) is 7.41. The highest BCUT2D eigenvalue weighted by molar-refractivity contribution is 7.89. The van der Waals surface area contributed by atoms with E-state index in [-0.39, 0.29) is 29.3 Å². The van der Waals surface area contributed by atoms with Crippen molar-refractivity contribution in [3.8, 4) is 0 Å². The first-order chi connectivity index (χ1) is 10.3. The number of rotatable bonds is 4. The first-order valence-corrected chi connectivity index (χ1v) is 8.90. The van der Waals surface area contributed by atoms with Gasteiger partial charge in [0.25, 0.3) is 0 Å². The van der Waals surface area contributed by atoms with E-state index in [4.69, 9.17) is 0 Å². The van der Waals surface area contributed by atoms with Crippen LogP contribution < -0.4 is 10.0 Å². The molecule has 130 valence electrons. The number of nitrogens with one attached hydrogen (secondary N) is 2. The van der Waals surface area contributed by atoms with Crippen molar-refractivity contribution in [1.82, 2.24) is 14.9 Å². The summed E-state index contributed by atoms with van der Waals surface area (Å²) in [5.74, 6) is -0.190. The Morgan fingerprint density at radius 1 is 1.35 bits per heavy atom. The SMILES string of the molecule is Cc1ccc(S(=O)(=O)NC(C)C(=O)N2CCNC[C@@H]2C)cc1.Cl. The van der Waals surface area contributed by atoms with Crippen LogP contribution in [0.1, 0.15) is 19.4 Å². The molecule has 2 rings (SSSR count). The monoisotopic (exact) mass is 361 g/mol. The molecule has 1 amide bonds. The summed E-state index contributed by atoms with van der Waals surface area (Å²) in [6, 6.07) is 5.84. The molecule has 1 aromatic carbocycles. The molecule has 0 saturated carbocycles. The summed E-state index contributed by atoms with van der Waals surface area (Å²) in [4.78, 5) is 14.3. The second-order valence-electron chi connectivity index (χ2n) is 5.74. The number of aryl methyl sites for hydroxylation is 1. The van der Waals surface area contributed by atoms with Crippen LogP contribution in [0.4, 0.5) is 0 Å². The molecule has 1 saturated heterocycles. The lowest BCUT2D eigenvalue weighted by Gasteiger charge is -2.35. The molecule has 1 aliphatic rings. The van der Waals surface area contributed by atoms with Crippen LogP contribution in [-0.2, 0) is 14.8 Å². The zero-order valence-corrected chi connectivity index (χ0v) is 15.2. The van der Waals surface area contributed by atoms with Crippen LogP contribution in [-0.4, -0.2) is 50.9 Å². The number of hydrogen-bond acceptors (Lipinski definition) is 4. The number of hydrogen-bond donors (Lipinski definition) is 2. The zero-order valence-electron chi connectivity index (χ0n) is 13.6. The maximum atomic E-state index is 12.4. The van der Waals surface area contributed by atoms with E-state index in [2.05, 4.69) is 10.0 Å². The Kier molecular flexibility index (Phi) is 7.01. The van der Waals surface area contributed by atoms with Crippen LogP contribution >= 0.6 is 12.4 Å². The average Bonchev–Trinajstić information content (AvgIpc) is 2.47. The number of halogens is 1.